The number of allylic oxidation sites excluding steroid dienone is 4. The molecule has 2 saturated carbocycles. The highest BCUT2D eigenvalue weighted by Gasteiger charge is 2.63. The molecule has 2 unspecified atom stereocenters. The number of terminal acetylenes is 1. The predicted octanol–water partition coefficient (Wildman–Crippen LogP) is 5.10. The molecule has 0 aromatic carbocycles. The van der Waals surface area contributed by atoms with Gasteiger partial charge in [-0.2, -0.15) is 0 Å². The molecular weight excluding hydrogens is 360 g/mol. The number of carbonyl (C=O) groups excluding carboxylic acids is 1. The Hall–Kier alpha value is -2.05. The number of aliphatic hydroxyl groups is 1. The summed E-state index contributed by atoms with van der Waals surface area (Å²) >= 11 is 0. The first kappa shape index (κ1) is 18.9. The molecule has 0 bridgehead atoms. The molecule has 3 nitrogen and oxygen atoms in total. The second kappa shape index (κ2) is 5.99. The topological polar surface area (TPSA) is 50.4 Å². The fourth-order valence-corrected chi connectivity index (χ4v) is 7.04. The summed E-state index contributed by atoms with van der Waals surface area (Å²) in [6.45, 7) is 6.48. The minimum Gasteiger partial charge on any atom is -0.466 e. The molecule has 4 aliphatic rings. The first-order valence-corrected chi connectivity index (χ1v) is 10.9. The van der Waals surface area contributed by atoms with Crippen molar-refractivity contribution in [3.8, 4) is 12.3 Å². The average Bonchev–Trinajstić information content (AvgIpc) is 3.23. The number of hydrogen-bond donors (Lipinski definition) is 1. The van der Waals surface area contributed by atoms with E-state index in [-0.39, 0.29) is 28.4 Å². The van der Waals surface area contributed by atoms with Crippen molar-refractivity contribution in [2.75, 3.05) is 0 Å². The van der Waals surface area contributed by atoms with E-state index in [9.17, 15) is 9.90 Å². The number of hydrogen-bond acceptors (Lipinski definition) is 3. The van der Waals surface area contributed by atoms with Crippen molar-refractivity contribution in [3.63, 3.8) is 0 Å². The van der Waals surface area contributed by atoms with Crippen LogP contribution in [0.4, 0.5) is 0 Å². The Bertz CT molecular complexity index is 988. The van der Waals surface area contributed by atoms with Crippen molar-refractivity contribution in [1.29, 1.82) is 0 Å². The van der Waals surface area contributed by atoms with E-state index in [1.54, 1.807) is 0 Å². The number of furan rings is 1. The van der Waals surface area contributed by atoms with Gasteiger partial charge in [-0.15, -0.1) is 6.42 Å². The van der Waals surface area contributed by atoms with Crippen LogP contribution in [0.1, 0.15) is 69.8 Å². The fourth-order valence-electron chi connectivity index (χ4n) is 7.04. The van der Waals surface area contributed by atoms with Crippen LogP contribution >= 0.6 is 0 Å². The van der Waals surface area contributed by atoms with E-state index in [4.69, 9.17) is 10.8 Å². The Labute approximate surface area is 173 Å². The van der Waals surface area contributed by atoms with Crippen LogP contribution in [-0.4, -0.2) is 16.5 Å². The number of rotatable bonds is 1. The normalized spacial score (nSPS) is 43.6. The zero-order chi connectivity index (χ0) is 20.6. The van der Waals surface area contributed by atoms with Crippen molar-refractivity contribution < 1.29 is 14.3 Å². The molecule has 0 spiro atoms. The van der Waals surface area contributed by atoms with E-state index < -0.39 is 5.60 Å². The summed E-state index contributed by atoms with van der Waals surface area (Å²) in [5.41, 5.74) is 1.27. The highest BCUT2D eigenvalue weighted by atomic mass is 16.3. The molecule has 1 aromatic heterocycles. The monoisotopic (exact) mass is 390 g/mol. The SMILES string of the molecule is C#C[C@]1(O)CCC2C3C(=CC[C@@]21C)[C@@]1(C)CCC(=O)C=C1C[C@H]3c1ccc(C)o1. The van der Waals surface area contributed by atoms with E-state index in [0.29, 0.717) is 18.8 Å². The Morgan fingerprint density at radius 1 is 1.28 bits per heavy atom. The molecule has 2 fully saturated rings. The van der Waals surface area contributed by atoms with Gasteiger partial charge in [0.1, 0.15) is 17.1 Å². The van der Waals surface area contributed by atoms with Crippen LogP contribution < -0.4 is 0 Å². The molecule has 0 aliphatic heterocycles. The van der Waals surface area contributed by atoms with E-state index in [1.165, 1.54) is 11.1 Å². The quantitative estimate of drug-likeness (QED) is 0.536. The molecule has 0 saturated heterocycles. The van der Waals surface area contributed by atoms with Gasteiger partial charge in [0.05, 0.1) is 0 Å². The number of carbonyl (C=O) groups is 1. The van der Waals surface area contributed by atoms with Crippen molar-refractivity contribution in [2.45, 2.75) is 70.8 Å². The third-order valence-corrected chi connectivity index (χ3v) is 8.91. The fraction of sp³-hybridized carbons (Fsp3) is 0.577. The second-order valence-electron chi connectivity index (χ2n) is 10.2. The highest BCUT2D eigenvalue weighted by molar-refractivity contribution is 5.92. The number of ketones is 1. The lowest BCUT2D eigenvalue weighted by atomic mass is 9.48. The van der Waals surface area contributed by atoms with Crippen molar-refractivity contribution in [2.24, 2.45) is 22.7 Å². The Balaban J connectivity index is 1.69. The largest absolute Gasteiger partial charge is 0.466 e. The van der Waals surface area contributed by atoms with Gasteiger partial charge in [-0.05, 0) is 69.1 Å². The van der Waals surface area contributed by atoms with Crippen LogP contribution in [0.15, 0.2) is 39.8 Å². The van der Waals surface area contributed by atoms with Crippen LogP contribution in [0.3, 0.4) is 0 Å². The van der Waals surface area contributed by atoms with Crippen molar-refractivity contribution in [3.05, 3.63) is 47.0 Å². The van der Waals surface area contributed by atoms with Crippen LogP contribution in [-0.2, 0) is 4.79 Å². The summed E-state index contributed by atoms with van der Waals surface area (Å²) in [5, 5.41) is 11.3. The third kappa shape index (κ3) is 2.39. The van der Waals surface area contributed by atoms with Gasteiger partial charge in [0.15, 0.2) is 5.78 Å². The molecule has 1 N–H and O–H groups in total. The maximum Gasteiger partial charge on any atom is 0.155 e. The second-order valence-corrected chi connectivity index (χ2v) is 10.2. The van der Waals surface area contributed by atoms with Crippen LogP contribution in [0, 0.1) is 41.9 Å². The van der Waals surface area contributed by atoms with Gasteiger partial charge in [0, 0.05) is 23.2 Å². The molecule has 0 radical (unpaired) electrons. The Morgan fingerprint density at radius 2 is 2.07 bits per heavy atom. The van der Waals surface area contributed by atoms with E-state index in [2.05, 4.69) is 31.9 Å². The van der Waals surface area contributed by atoms with Gasteiger partial charge in [0.25, 0.3) is 0 Å². The molecule has 29 heavy (non-hydrogen) atoms. The Morgan fingerprint density at radius 3 is 2.76 bits per heavy atom. The molecule has 152 valence electrons. The van der Waals surface area contributed by atoms with E-state index in [0.717, 1.165) is 37.2 Å². The molecule has 1 aromatic rings. The van der Waals surface area contributed by atoms with Crippen molar-refractivity contribution in [1.82, 2.24) is 0 Å². The van der Waals surface area contributed by atoms with E-state index in [1.807, 2.05) is 19.1 Å². The summed E-state index contributed by atoms with van der Waals surface area (Å²) in [5.74, 6) is 5.70. The molecule has 5 rings (SSSR count). The van der Waals surface area contributed by atoms with Gasteiger partial charge >= 0.3 is 0 Å². The molecular formula is C26H30O3. The first-order valence-electron chi connectivity index (χ1n) is 10.9. The van der Waals surface area contributed by atoms with Crippen LogP contribution in [0.2, 0.25) is 0 Å². The van der Waals surface area contributed by atoms with Crippen LogP contribution in [0.25, 0.3) is 0 Å². The molecule has 1 heterocycles. The summed E-state index contributed by atoms with van der Waals surface area (Å²) in [4.78, 5) is 12.3. The number of aryl methyl sites for hydroxylation is 1. The summed E-state index contributed by atoms with van der Waals surface area (Å²) in [7, 11) is 0. The minimum absolute atomic E-state index is 0.0606. The average molecular weight is 391 g/mol. The summed E-state index contributed by atoms with van der Waals surface area (Å²) in [6.07, 6.45) is 14.8. The molecule has 3 heteroatoms. The van der Waals surface area contributed by atoms with E-state index >= 15 is 0 Å². The van der Waals surface area contributed by atoms with Gasteiger partial charge < -0.3 is 9.52 Å². The highest BCUT2D eigenvalue weighted by Crippen LogP contribution is 2.68. The van der Waals surface area contributed by atoms with Crippen LogP contribution in [0.5, 0.6) is 0 Å². The lowest BCUT2D eigenvalue weighted by Crippen LogP contribution is -2.51. The predicted molar refractivity (Wildman–Crippen MR) is 112 cm³/mol. The zero-order valence-corrected chi connectivity index (χ0v) is 17.6. The lowest BCUT2D eigenvalue weighted by molar-refractivity contribution is -0.115. The smallest absolute Gasteiger partial charge is 0.155 e. The maximum atomic E-state index is 12.3. The summed E-state index contributed by atoms with van der Waals surface area (Å²) < 4.78 is 6.13. The van der Waals surface area contributed by atoms with Crippen molar-refractivity contribution >= 4 is 5.78 Å². The minimum atomic E-state index is -1.05. The third-order valence-electron chi connectivity index (χ3n) is 8.91. The molecule has 6 atom stereocenters. The van der Waals surface area contributed by atoms with Gasteiger partial charge in [0.2, 0.25) is 0 Å². The van der Waals surface area contributed by atoms with Gasteiger partial charge in [-0.1, -0.05) is 37.0 Å². The molecule has 0 amide bonds. The maximum absolute atomic E-state index is 12.3. The van der Waals surface area contributed by atoms with Gasteiger partial charge in [-0.25, -0.2) is 0 Å². The summed E-state index contributed by atoms with van der Waals surface area (Å²) in [6, 6.07) is 4.13. The lowest BCUT2D eigenvalue weighted by Gasteiger charge is -2.56. The zero-order valence-electron chi connectivity index (χ0n) is 17.6. The number of fused-ring (bicyclic) bond motifs is 5. The standard InChI is InChI=1S/C26H30O3/c1-5-26(28)13-10-21-23-19(22-7-6-16(2)29-22)15-17-14-18(27)8-11-24(17,3)20(23)9-12-25(21,26)4/h1,6-7,9,14,19,21,23,28H,8,10-13,15H2,2-4H3/t19-,21?,23?,24-,25-,26-/m0/s1. The first-order chi connectivity index (χ1) is 13.7. The van der Waals surface area contributed by atoms with Gasteiger partial charge in [-0.3, -0.25) is 4.79 Å². The molecule has 4 aliphatic carbocycles. The Kier molecular flexibility index (Phi) is 3.91.